The second kappa shape index (κ2) is 11.9. The fraction of sp³-hybridized carbons (Fsp3) is 0.500. The van der Waals surface area contributed by atoms with Crippen molar-refractivity contribution in [1.82, 2.24) is 29.5 Å². The third kappa shape index (κ3) is 5.62. The molecule has 12 heteroatoms. The van der Waals surface area contributed by atoms with E-state index in [9.17, 15) is 9.59 Å². The summed E-state index contributed by atoms with van der Waals surface area (Å²) in [5.41, 5.74) is 4.03. The van der Waals surface area contributed by atoms with Crippen LogP contribution in [-0.2, 0) is 9.59 Å². The van der Waals surface area contributed by atoms with E-state index < -0.39 is 12.0 Å². The van der Waals surface area contributed by atoms with Gasteiger partial charge >= 0.3 is 5.97 Å². The van der Waals surface area contributed by atoms with Gasteiger partial charge in [0.1, 0.15) is 16.9 Å². The molecule has 3 aliphatic heterocycles. The lowest BCUT2D eigenvalue weighted by atomic mass is 9.99. The topological polar surface area (TPSA) is 107 Å². The molecule has 0 radical (unpaired) electrons. The first-order valence-electron chi connectivity index (χ1n) is 14.5. The number of likely N-dealkylation sites (tertiary alicyclic amines) is 1. The van der Waals surface area contributed by atoms with Gasteiger partial charge in [-0.25, -0.2) is 0 Å². The van der Waals surface area contributed by atoms with Crippen LogP contribution < -0.4 is 0 Å². The van der Waals surface area contributed by atoms with Crippen molar-refractivity contribution in [3.05, 3.63) is 62.5 Å². The van der Waals surface area contributed by atoms with Crippen molar-refractivity contribution >= 4 is 40.5 Å². The maximum atomic E-state index is 13.7. The van der Waals surface area contributed by atoms with E-state index >= 15 is 0 Å². The molecule has 1 N–H and O–H groups in total. The summed E-state index contributed by atoms with van der Waals surface area (Å²) in [4.78, 5) is 37.7. The van der Waals surface area contributed by atoms with Gasteiger partial charge in [0.15, 0.2) is 5.82 Å². The van der Waals surface area contributed by atoms with Gasteiger partial charge in [-0.3, -0.25) is 28.9 Å². The highest BCUT2D eigenvalue weighted by Crippen LogP contribution is 2.39. The Bertz CT molecular complexity index is 1520. The van der Waals surface area contributed by atoms with Gasteiger partial charge < -0.3 is 10.0 Å². The van der Waals surface area contributed by atoms with Gasteiger partial charge in [-0.15, -0.1) is 21.5 Å². The van der Waals surface area contributed by atoms with E-state index in [0.717, 1.165) is 66.7 Å². The SMILES string of the molecule is Cc1sc2c(c1C)C(c1ccc(Cl)cc1)=N[C@@H](CC(=O)N1CCN(C3CCN(CC(=O)O)CC3)CC1)c1nnc(C)n1-2. The molecular formula is C30H36ClN7O3S. The Morgan fingerprint density at radius 1 is 1.00 bits per heavy atom. The summed E-state index contributed by atoms with van der Waals surface area (Å²) in [6, 6.07) is 7.69. The van der Waals surface area contributed by atoms with Gasteiger partial charge in [-0.2, -0.15) is 0 Å². The third-order valence-corrected chi connectivity index (χ3v) is 10.3. The Hall–Kier alpha value is -3.12. The molecule has 0 bridgehead atoms. The average molecular weight is 610 g/mol. The van der Waals surface area contributed by atoms with E-state index in [2.05, 4.69) is 33.5 Å². The Kier molecular flexibility index (Phi) is 8.19. The second-order valence-corrected chi connectivity index (χ2v) is 13.1. The zero-order chi connectivity index (χ0) is 29.5. The van der Waals surface area contributed by atoms with Crippen molar-refractivity contribution in [1.29, 1.82) is 0 Å². The van der Waals surface area contributed by atoms with Gasteiger partial charge in [-0.1, -0.05) is 23.7 Å². The highest BCUT2D eigenvalue weighted by atomic mass is 35.5. The molecule has 1 aromatic carbocycles. The predicted molar refractivity (Wildman–Crippen MR) is 163 cm³/mol. The minimum atomic E-state index is -0.770. The molecule has 0 saturated carbocycles. The van der Waals surface area contributed by atoms with E-state index in [1.165, 1.54) is 10.4 Å². The maximum Gasteiger partial charge on any atom is 0.317 e. The monoisotopic (exact) mass is 609 g/mol. The minimum Gasteiger partial charge on any atom is -0.480 e. The quantitative estimate of drug-likeness (QED) is 0.452. The number of aliphatic imine (C=N–C) groups is 1. The first kappa shape index (κ1) is 29.0. The molecule has 6 rings (SSSR count). The summed E-state index contributed by atoms with van der Waals surface area (Å²) in [5, 5.41) is 19.7. The lowest BCUT2D eigenvalue weighted by molar-refractivity contribution is -0.138. The number of aromatic nitrogens is 3. The van der Waals surface area contributed by atoms with Crippen LogP contribution in [-0.4, -0.2) is 104 Å². The van der Waals surface area contributed by atoms with E-state index in [-0.39, 0.29) is 18.9 Å². The molecule has 222 valence electrons. The highest BCUT2D eigenvalue weighted by molar-refractivity contribution is 7.15. The number of thiophene rings is 1. The van der Waals surface area contributed by atoms with Crippen molar-refractivity contribution in [3.8, 4) is 5.00 Å². The van der Waals surface area contributed by atoms with Crippen LogP contribution in [0.1, 0.15) is 58.5 Å². The van der Waals surface area contributed by atoms with E-state index in [4.69, 9.17) is 21.7 Å². The zero-order valence-electron chi connectivity index (χ0n) is 24.2. The second-order valence-electron chi connectivity index (χ2n) is 11.4. The van der Waals surface area contributed by atoms with Crippen LogP contribution in [0.15, 0.2) is 29.3 Å². The number of hydrogen-bond donors (Lipinski definition) is 1. The van der Waals surface area contributed by atoms with Crippen LogP contribution in [0, 0.1) is 20.8 Å². The number of benzene rings is 1. The highest BCUT2D eigenvalue weighted by Gasteiger charge is 2.35. The van der Waals surface area contributed by atoms with Crippen molar-refractivity contribution in [3.63, 3.8) is 0 Å². The van der Waals surface area contributed by atoms with Gasteiger partial charge in [-0.05, 0) is 51.3 Å². The molecule has 3 aliphatic rings. The average Bonchev–Trinajstić information content (AvgIpc) is 3.45. The molecule has 10 nitrogen and oxygen atoms in total. The van der Waals surface area contributed by atoms with Crippen molar-refractivity contribution in [2.45, 2.75) is 52.1 Å². The first-order valence-corrected chi connectivity index (χ1v) is 15.7. The summed E-state index contributed by atoms with van der Waals surface area (Å²) >= 11 is 7.93. The minimum absolute atomic E-state index is 0.0699. The van der Waals surface area contributed by atoms with Gasteiger partial charge in [0.05, 0.1) is 18.7 Å². The van der Waals surface area contributed by atoms with Crippen LogP contribution >= 0.6 is 22.9 Å². The molecule has 1 atom stereocenters. The number of carbonyl (C=O) groups excluding carboxylic acids is 1. The predicted octanol–water partition coefficient (Wildman–Crippen LogP) is 3.88. The standard InChI is InChI=1S/C30H36ClN7O3S/c1-18-19(2)42-30-27(18)28(21-4-6-22(31)7-5-21)32-24(29-34-33-20(3)38(29)30)16-25(39)37-14-12-36(13-15-37)23-8-10-35(11-9-23)17-26(40)41/h4-7,23-24H,8-17H2,1-3H3,(H,40,41)/t24-/m0/s1. The number of piperazine rings is 1. The number of hydrogen-bond acceptors (Lipinski definition) is 8. The number of nitrogens with zero attached hydrogens (tertiary/aromatic N) is 7. The molecule has 1 amide bonds. The number of piperidine rings is 1. The molecule has 2 fully saturated rings. The van der Waals surface area contributed by atoms with Crippen molar-refractivity contribution < 1.29 is 14.7 Å². The molecule has 42 heavy (non-hydrogen) atoms. The molecule has 2 aromatic heterocycles. The first-order chi connectivity index (χ1) is 20.2. The number of aliphatic carboxylic acids is 1. The molecule has 5 heterocycles. The molecule has 0 aliphatic carbocycles. The van der Waals surface area contributed by atoms with E-state index in [0.29, 0.717) is 30.0 Å². The van der Waals surface area contributed by atoms with Crippen LogP contribution in [0.25, 0.3) is 5.00 Å². The van der Waals surface area contributed by atoms with E-state index in [1.54, 1.807) is 11.3 Å². The Labute approximate surface area is 254 Å². The van der Waals surface area contributed by atoms with Crippen molar-refractivity contribution in [2.75, 3.05) is 45.8 Å². The Morgan fingerprint density at radius 2 is 1.69 bits per heavy atom. The fourth-order valence-corrected chi connectivity index (χ4v) is 7.74. The zero-order valence-corrected chi connectivity index (χ0v) is 25.8. The number of carboxylic acids is 1. The smallest absolute Gasteiger partial charge is 0.317 e. The lowest BCUT2D eigenvalue weighted by Crippen LogP contribution is -2.54. The summed E-state index contributed by atoms with van der Waals surface area (Å²) in [7, 11) is 0. The normalized spacial score (nSPS) is 20.1. The van der Waals surface area contributed by atoms with Crippen LogP contribution in [0.5, 0.6) is 0 Å². The number of rotatable bonds is 6. The summed E-state index contributed by atoms with van der Waals surface area (Å²) < 4.78 is 2.08. The van der Waals surface area contributed by atoms with Crippen LogP contribution in [0.2, 0.25) is 5.02 Å². The lowest BCUT2D eigenvalue weighted by Gasteiger charge is -2.42. The largest absolute Gasteiger partial charge is 0.480 e. The van der Waals surface area contributed by atoms with Gasteiger partial charge in [0, 0.05) is 66.3 Å². The fourth-order valence-electron chi connectivity index (χ4n) is 6.40. The number of halogens is 1. The molecule has 0 spiro atoms. The summed E-state index contributed by atoms with van der Waals surface area (Å²) in [6.45, 7) is 10.9. The Balaban J connectivity index is 1.21. The number of carbonyl (C=O) groups is 2. The molecule has 3 aromatic rings. The Morgan fingerprint density at radius 3 is 2.36 bits per heavy atom. The van der Waals surface area contributed by atoms with Gasteiger partial charge in [0.25, 0.3) is 0 Å². The van der Waals surface area contributed by atoms with E-state index in [1.807, 2.05) is 41.0 Å². The number of amides is 1. The summed E-state index contributed by atoms with van der Waals surface area (Å²) in [6.07, 6.45) is 2.14. The number of carboxylic acid groups (broad SMARTS) is 1. The summed E-state index contributed by atoms with van der Waals surface area (Å²) in [5.74, 6) is 0.772. The molecule has 0 unspecified atom stereocenters. The number of aryl methyl sites for hydroxylation is 2. The van der Waals surface area contributed by atoms with Gasteiger partial charge in [0.2, 0.25) is 5.91 Å². The third-order valence-electron chi connectivity index (χ3n) is 8.82. The van der Waals surface area contributed by atoms with Crippen molar-refractivity contribution in [2.24, 2.45) is 4.99 Å². The molecule has 2 saturated heterocycles. The number of fused-ring (bicyclic) bond motifs is 3. The van der Waals surface area contributed by atoms with Crippen LogP contribution in [0.3, 0.4) is 0 Å². The molecular weight excluding hydrogens is 574 g/mol. The maximum absolute atomic E-state index is 13.7. The van der Waals surface area contributed by atoms with Crippen LogP contribution in [0.4, 0.5) is 0 Å².